The van der Waals surface area contributed by atoms with Gasteiger partial charge in [-0.1, -0.05) is 12.1 Å². The number of carbonyl (C=O) groups excluding carboxylic acids is 1. The molecule has 0 atom stereocenters. The van der Waals surface area contributed by atoms with Crippen molar-refractivity contribution in [2.45, 2.75) is 13.3 Å². The second kappa shape index (κ2) is 7.23. The zero-order chi connectivity index (χ0) is 17.0. The van der Waals surface area contributed by atoms with Crippen LogP contribution in [0.4, 0.5) is 4.39 Å². The highest BCUT2D eigenvalue weighted by atomic mass is 32.2. The predicted molar refractivity (Wildman–Crippen MR) is 87.7 cm³/mol. The van der Waals surface area contributed by atoms with Crippen molar-refractivity contribution >= 4 is 21.5 Å². The zero-order valence-corrected chi connectivity index (χ0v) is 14.1. The largest absolute Gasteiger partial charge is 0.338 e. The molecule has 0 N–H and O–H groups in total. The van der Waals surface area contributed by atoms with Crippen molar-refractivity contribution in [1.82, 2.24) is 9.21 Å². The average molecular weight is 340 g/mol. The van der Waals surface area contributed by atoms with Crippen molar-refractivity contribution in [3.05, 3.63) is 41.7 Å². The Kier molecular flexibility index (Phi) is 5.54. The van der Waals surface area contributed by atoms with Crippen LogP contribution in [0.2, 0.25) is 0 Å². The highest BCUT2D eigenvalue weighted by Crippen LogP contribution is 2.15. The molecule has 1 fully saturated rings. The molecule has 5 nitrogen and oxygen atoms in total. The van der Waals surface area contributed by atoms with Gasteiger partial charge in [-0.3, -0.25) is 4.79 Å². The van der Waals surface area contributed by atoms with E-state index in [1.54, 1.807) is 24.0 Å². The Morgan fingerprint density at radius 2 is 1.78 bits per heavy atom. The van der Waals surface area contributed by atoms with Gasteiger partial charge in [-0.2, -0.15) is 0 Å². The summed E-state index contributed by atoms with van der Waals surface area (Å²) in [6, 6.07) is 5.96. The molecule has 1 aliphatic heterocycles. The highest BCUT2D eigenvalue weighted by molar-refractivity contribution is 7.88. The molecule has 0 saturated carbocycles. The molecule has 0 bridgehead atoms. The predicted octanol–water partition coefficient (Wildman–Crippen LogP) is 1.72. The molecule has 2 rings (SSSR count). The summed E-state index contributed by atoms with van der Waals surface area (Å²) in [7, 11) is -3.22. The number of hydrogen-bond donors (Lipinski definition) is 0. The first-order valence-corrected chi connectivity index (χ1v) is 9.30. The standard InChI is InChI=1S/C16H21FN2O3S/c1-13(14-4-6-15(17)7-5-14)12-16(20)18-8-3-9-19(11-10-18)23(2,21)22/h4-7,12H,3,8-11H2,1-2H3/b13-12+. The molecule has 0 unspecified atom stereocenters. The molecule has 1 saturated heterocycles. The fourth-order valence-electron chi connectivity index (χ4n) is 2.52. The molecule has 1 heterocycles. The summed E-state index contributed by atoms with van der Waals surface area (Å²) in [5.41, 5.74) is 1.53. The number of sulfonamides is 1. The van der Waals surface area contributed by atoms with Gasteiger partial charge in [0, 0.05) is 32.3 Å². The highest BCUT2D eigenvalue weighted by Gasteiger charge is 2.23. The minimum Gasteiger partial charge on any atom is -0.338 e. The summed E-state index contributed by atoms with van der Waals surface area (Å²) < 4.78 is 37.5. The van der Waals surface area contributed by atoms with Gasteiger partial charge in [-0.05, 0) is 36.6 Å². The lowest BCUT2D eigenvalue weighted by molar-refractivity contribution is -0.125. The van der Waals surface area contributed by atoms with Crippen LogP contribution < -0.4 is 0 Å². The second-order valence-electron chi connectivity index (χ2n) is 5.68. The van der Waals surface area contributed by atoms with Crippen LogP contribution in [0.15, 0.2) is 30.3 Å². The topological polar surface area (TPSA) is 57.7 Å². The molecule has 1 amide bonds. The lowest BCUT2D eigenvalue weighted by atomic mass is 10.1. The molecule has 0 radical (unpaired) electrons. The maximum atomic E-state index is 12.9. The van der Waals surface area contributed by atoms with Crippen LogP contribution in [0.25, 0.3) is 5.57 Å². The molecule has 1 aliphatic rings. The van der Waals surface area contributed by atoms with E-state index in [9.17, 15) is 17.6 Å². The van der Waals surface area contributed by atoms with Crippen LogP contribution in [0, 0.1) is 5.82 Å². The monoisotopic (exact) mass is 340 g/mol. The number of nitrogens with zero attached hydrogens (tertiary/aromatic N) is 2. The maximum Gasteiger partial charge on any atom is 0.246 e. The van der Waals surface area contributed by atoms with Crippen LogP contribution >= 0.6 is 0 Å². The van der Waals surface area contributed by atoms with Gasteiger partial charge in [0.05, 0.1) is 6.26 Å². The summed E-state index contributed by atoms with van der Waals surface area (Å²) >= 11 is 0. The van der Waals surface area contributed by atoms with E-state index < -0.39 is 10.0 Å². The van der Waals surface area contributed by atoms with Crippen LogP contribution in [0.5, 0.6) is 0 Å². The van der Waals surface area contributed by atoms with Gasteiger partial charge in [-0.25, -0.2) is 17.1 Å². The first kappa shape index (κ1) is 17.6. The Morgan fingerprint density at radius 3 is 2.39 bits per heavy atom. The van der Waals surface area contributed by atoms with Crippen molar-refractivity contribution in [1.29, 1.82) is 0 Å². The van der Waals surface area contributed by atoms with Gasteiger partial charge in [0.1, 0.15) is 5.82 Å². The van der Waals surface area contributed by atoms with E-state index in [4.69, 9.17) is 0 Å². The first-order valence-electron chi connectivity index (χ1n) is 7.45. The fraction of sp³-hybridized carbons (Fsp3) is 0.438. The van der Waals surface area contributed by atoms with Gasteiger partial charge in [0.15, 0.2) is 0 Å². The molecule has 23 heavy (non-hydrogen) atoms. The lowest BCUT2D eigenvalue weighted by Gasteiger charge is -2.20. The third-order valence-corrected chi connectivity index (χ3v) is 5.18. The first-order chi connectivity index (χ1) is 10.8. The molecule has 1 aromatic carbocycles. The molecular weight excluding hydrogens is 319 g/mol. The smallest absolute Gasteiger partial charge is 0.246 e. The third-order valence-electron chi connectivity index (χ3n) is 3.88. The van der Waals surface area contributed by atoms with Crippen LogP contribution in [-0.4, -0.2) is 56.0 Å². The van der Waals surface area contributed by atoms with E-state index in [2.05, 4.69) is 0 Å². The summed E-state index contributed by atoms with van der Waals surface area (Å²) in [5, 5.41) is 0. The Morgan fingerprint density at radius 1 is 1.13 bits per heavy atom. The van der Waals surface area contributed by atoms with Crippen molar-refractivity contribution in [3.63, 3.8) is 0 Å². The van der Waals surface area contributed by atoms with E-state index in [-0.39, 0.29) is 11.7 Å². The average Bonchev–Trinajstić information content (AvgIpc) is 2.73. The number of amides is 1. The van der Waals surface area contributed by atoms with Gasteiger partial charge in [0.2, 0.25) is 15.9 Å². The van der Waals surface area contributed by atoms with Gasteiger partial charge < -0.3 is 4.90 Å². The lowest BCUT2D eigenvalue weighted by Crippen LogP contribution is -2.36. The van der Waals surface area contributed by atoms with Crippen molar-refractivity contribution in [3.8, 4) is 0 Å². The zero-order valence-electron chi connectivity index (χ0n) is 13.3. The van der Waals surface area contributed by atoms with Gasteiger partial charge in [-0.15, -0.1) is 0 Å². The Labute approximate surface area is 136 Å². The van der Waals surface area contributed by atoms with Crippen LogP contribution in [0.3, 0.4) is 0 Å². The number of carbonyl (C=O) groups is 1. The summed E-state index contributed by atoms with van der Waals surface area (Å²) in [5.74, 6) is -0.469. The molecule has 0 aromatic heterocycles. The van der Waals surface area contributed by atoms with E-state index in [1.165, 1.54) is 28.8 Å². The molecular formula is C16H21FN2O3S. The number of halogens is 1. The Balaban J connectivity index is 2.05. The number of allylic oxidation sites excluding steroid dienone is 1. The fourth-order valence-corrected chi connectivity index (χ4v) is 3.39. The molecule has 7 heteroatoms. The molecule has 126 valence electrons. The number of benzene rings is 1. The van der Waals surface area contributed by atoms with Crippen molar-refractivity contribution in [2.24, 2.45) is 0 Å². The summed E-state index contributed by atoms with van der Waals surface area (Å²) in [4.78, 5) is 14.0. The van der Waals surface area contributed by atoms with E-state index in [0.29, 0.717) is 32.6 Å². The normalized spacial score (nSPS) is 17.9. The molecule has 0 aliphatic carbocycles. The molecule has 0 spiro atoms. The van der Waals surface area contributed by atoms with E-state index >= 15 is 0 Å². The minimum atomic E-state index is -3.22. The van der Waals surface area contributed by atoms with Gasteiger partial charge in [0.25, 0.3) is 0 Å². The summed E-state index contributed by atoms with van der Waals surface area (Å²) in [6.45, 7) is 3.44. The minimum absolute atomic E-state index is 0.151. The Bertz CT molecular complexity index is 699. The molecule has 1 aromatic rings. The summed E-state index contributed by atoms with van der Waals surface area (Å²) in [6.07, 6.45) is 3.31. The SMILES string of the molecule is C/C(=C\C(=O)N1CCCN(S(C)(=O)=O)CC1)c1ccc(F)cc1. The van der Waals surface area contributed by atoms with Gasteiger partial charge >= 0.3 is 0 Å². The van der Waals surface area contributed by atoms with Crippen molar-refractivity contribution < 1.29 is 17.6 Å². The second-order valence-corrected chi connectivity index (χ2v) is 7.66. The van der Waals surface area contributed by atoms with Crippen LogP contribution in [-0.2, 0) is 14.8 Å². The van der Waals surface area contributed by atoms with Crippen LogP contribution in [0.1, 0.15) is 18.9 Å². The van der Waals surface area contributed by atoms with E-state index in [0.717, 1.165) is 11.1 Å². The third kappa shape index (κ3) is 4.87. The quantitative estimate of drug-likeness (QED) is 0.788. The van der Waals surface area contributed by atoms with E-state index in [1.807, 2.05) is 0 Å². The van der Waals surface area contributed by atoms with Crippen molar-refractivity contribution in [2.75, 3.05) is 32.4 Å². The number of hydrogen-bond acceptors (Lipinski definition) is 3. The number of rotatable bonds is 3. The Hall–Kier alpha value is -1.73. The maximum absolute atomic E-state index is 12.9.